The van der Waals surface area contributed by atoms with Gasteiger partial charge in [-0.05, 0) is 30.3 Å². The SMILES string of the molecule is Cc1nc2cc(C(=O)N3CCN(C(=O)c4ccccc4F)CC3)ccc2o1. The fourth-order valence-electron chi connectivity index (χ4n) is 3.28. The van der Waals surface area contributed by atoms with E-state index >= 15 is 0 Å². The molecule has 0 bridgehead atoms. The van der Waals surface area contributed by atoms with Crippen molar-refractivity contribution >= 4 is 22.9 Å². The highest BCUT2D eigenvalue weighted by atomic mass is 19.1. The Balaban J connectivity index is 1.44. The molecular weight excluding hydrogens is 349 g/mol. The minimum absolute atomic E-state index is 0.0594. The van der Waals surface area contributed by atoms with Crippen molar-refractivity contribution in [3.8, 4) is 0 Å². The maximum Gasteiger partial charge on any atom is 0.256 e. The van der Waals surface area contributed by atoms with Crippen LogP contribution in [0.15, 0.2) is 46.9 Å². The molecule has 0 aliphatic carbocycles. The van der Waals surface area contributed by atoms with Gasteiger partial charge in [0.25, 0.3) is 11.8 Å². The third kappa shape index (κ3) is 3.28. The van der Waals surface area contributed by atoms with Crippen LogP contribution in [0.3, 0.4) is 0 Å². The summed E-state index contributed by atoms with van der Waals surface area (Å²) >= 11 is 0. The van der Waals surface area contributed by atoms with E-state index in [1.807, 2.05) is 0 Å². The normalized spacial score (nSPS) is 14.6. The van der Waals surface area contributed by atoms with Crippen LogP contribution in [-0.4, -0.2) is 52.8 Å². The first-order chi connectivity index (χ1) is 13.0. The van der Waals surface area contributed by atoms with Gasteiger partial charge in [0.1, 0.15) is 11.3 Å². The predicted octanol–water partition coefficient (Wildman–Crippen LogP) is 2.87. The van der Waals surface area contributed by atoms with Gasteiger partial charge in [-0.1, -0.05) is 12.1 Å². The predicted molar refractivity (Wildman–Crippen MR) is 97.0 cm³/mol. The highest BCUT2D eigenvalue weighted by Crippen LogP contribution is 2.19. The molecule has 4 rings (SSSR count). The Morgan fingerprint density at radius 3 is 2.37 bits per heavy atom. The van der Waals surface area contributed by atoms with Crippen molar-refractivity contribution in [3.05, 3.63) is 65.3 Å². The van der Waals surface area contributed by atoms with E-state index in [0.29, 0.717) is 48.7 Å². The Morgan fingerprint density at radius 1 is 1.00 bits per heavy atom. The lowest BCUT2D eigenvalue weighted by Crippen LogP contribution is -2.50. The second kappa shape index (κ2) is 6.83. The highest BCUT2D eigenvalue weighted by Gasteiger charge is 2.27. The number of nitrogens with zero attached hydrogens (tertiary/aromatic N) is 3. The third-order valence-electron chi connectivity index (χ3n) is 4.70. The number of aromatic nitrogens is 1. The molecular formula is C20H18FN3O3. The molecule has 1 aromatic heterocycles. The lowest BCUT2D eigenvalue weighted by Gasteiger charge is -2.34. The van der Waals surface area contributed by atoms with Crippen molar-refractivity contribution in [2.75, 3.05) is 26.2 Å². The number of amides is 2. The van der Waals surface area contributed by atoms with E-state index in [0.717, 1.165) is 0 Å². The van der Waals surface area contributed by atoms with Gasteiger partial charge in [-0.3, -0.25) is 9.59 Å². The molecule has 27 heavy (non-hydrogen) atoms. The van der Waals surface area contributed by atoms with Crippen molar-refractivity contribution in [3.63, 3.8) is 0 Å². The molecule has 3 aromatic rings. The molecule has 6 nitrogen and oxygen atoms in total. The number of aryl methyl sites for hydroxylation is 1. The molecule has 0 saturated carbocycles. The third-order valence-corrected chi connectivity index (χ3v) is 4.70. The Kier molecular flexibility index (Phi) is 4.35. The zero-order valence-electron chi connectivity index (χ0n) is 14.8. The summed E-state index contributed by atoms with van der Waals surface area (Å²) in [4.78, 5) is 32.8. The Labute approximate surface area is 155 Å². The molecule has 1 fully saturated rings. The van der Waals surface area contributed by atoms with Crippen LogP contribution >= 0.6 is 0 Å². The van der Waals surface area contributed by atoms with Gasteiger partial charge >= 0.3 is 0 Å². The van der Waals surface area contributed by atoms with Crippen LogP contribution < -0.4 is 0 Å². The van der Waals surface area contributed by atoms with Gasteiger partial charge in [0.05, 0.1) is 5.56 Å². The summed E-state index contributed by atoms with van der Waals surface area (Å²) < 4.78 is 19.3. The fourth-order valence-corrected chi connectivity index (χ4v) is 3.28. The van der Waals surface area contributed by atoms with Crippen LogP contribution in [0.1, 0.15) is 26.6 Å². The summed E-state index contributed by atoms with van der Waals surface area (Å²) in [6.45, 7) is 3.28. The zero-order valence-corrected chi connectivity index (χ0v) is 14.8. The number of piperazine rings is 1. The molecule has 1 saturated heterocycles. The molecule has 0 unspecified atom stereocenters. The van der Waals surface area contributed by atoms with E-state index in [2.05, 4.69) is 4.98 Å². The van der Waals surface area contributed by atoms with E-state index in [9.17, 15) is 14.0 Å². The molecule has 0 spiro atoms. The molecule has 2 heterocycles. The number of rotatable bonds is 2. The lowest BCUT2D eigenvalue weighted by atomic mass is 10.1. The number of hydrogen-bond donors (Lipinski definition) is 0. The summed E-state index contributed by atoms with van der Waals surface area (Å²) in [6.07, 6.45) is 0. The van der Waals surface area contributed by atoms with E-state index in [1.165, 1.54) is 12.1 Å². The van der Waals surface area contributed by atoms with Gasteiger partial charge in [-0.25, -0.2) is 9.37 Å². The molecule has 7 heteroatoms. The van der Waals surface area contributed by atoms with Crippen molar-refractivity contribution in [1.29, 1.82) is 0 Å². The van der Waals surface area contributed by atoms with Gasteiger partial charge in [-0.15, -0.1) is 0 Å². The number of benzene rings is 2. The van der Waals surface area contributed by atoms with E-state index in [4.69, 9.17) is 4.42 Å². The summed E-state index contributed by atoms with van der Waals surface area (Å²) in [7, 11) is 0. The second-order valence-corrected chi connectivity index (χ2v) is 6.48. The summed E-state index contributed by atoms with van der Waals surface area (Å²) in [5.41, 5.74) is 1.88. The summed E-state index contributed by atoms with van der Waals surface area (Å²) in [5, 5.41) is 0. The summed E-state index contributed by atoms with van der Waals surface area (Å²) in [5.74, 6) is -0.442. The van der Waals surface area contributed by atoms with E-state index < -0.39 is 5.82 Å². The number of carbonyl (C=O) groups excluding carboxylic acids is 2. The number of carbonyl (C=O) groups is 2. The van der Waals surface area contributed by atoms with Crippen LogP contribution in [0.2, 0.25) is 0 Å². The number of halogens is 1. The van der Waals surface area contributed by atoms with Crippen molar-refractivity contribution in [2.45, 2.75) is 6.92 Å². The first-order valence-electron chi connectivity index (χ1n) is 8.73. The molecule has 0 atom stereocenters. The Morgan fingerprint density at radius 2 is 1.67 bits per heavy atom. The first-order valence-corrected chi connectivity index (χ1v) is 8.73. The molecule has 1 aliphatic rings. The monoisotopic (exact) mass is 367 g/mol. The summed E-state index contributed by atoms with van der Waals surface area (Å²) in [6, 6.07) is 11.1. The minimum atomic E-state index is -0.530. The van der Waals surface area contributed by atoms with Crippen molar-refractivity contribution < 1.29 is 18.4 Å². The smallest absolute Gasteiger partial charge is 0.256 e. The van der Waals surface area contributed by atoms with Gasteiger partial charge in [0, 0.05) is 38.7 Å². The fraction of sp³-hybridized carbons (Fsp3) is 0.250. The van der Waals surface area contributed by atoms with Crippen LogP contribution in [-0.2, 0) is 0 Å². The lowest BCUT2D eigenvalue weighted by molar-refractivity contribution is 0.0533. The topological polar surface area (TPSA) is 66.7 Å². The molecule has 138 valence electrons. The maximum absolute atomic E-state index is 13.8. The average molecular weight is 367 g/mol. The van der Waals surface area contributed by atoms with Gasteiger partial charge in [0.15, 0.2) is 11.5 Å². The standard InChI is InChI=1S/C20H18FN3O3/c1-13-22-17-12-14(6-7-18(17)27-13)19(25)23-8-10-24(11-9-23)20(26)15-4-2-3-5-16(15)21/h2-7,12H,8-11H2,1H3. The number of fused-ring (bicyclic) bond motifs is 1. The minimum Gasteiger partial charge on any atom is -0.441 e. The largest absolute Gasteiger partial charge is 0.441 e. The maximum atomic E-state index is 13.8. The van der Waals surface area contributed by atoms with Crippen molar-refractivity contribution in [2.24, 2.45) is 0 Å². The van der Waals surface area contributed by atoms with Crippen LogP contribution in [0, 0.1) is 12.7 Å². The average Bonchev–Trinajstić information content (AvgIpc) is 3.06. The molecule has 0 radical (unpaired) electrons. The van der Waals surface area contributed by atoms with Crippen molar-refractivity contribution in [1.82, 2.24) is 14.8 Å². The zero-order chi connectivity index (χ0) is 19.0. The van der Waals surface area contributed by atoms with Gasteiger partial charge in [0.2, 0.25) is 0 Å². The number of hydrogen-bond acceptors (Lipinski definition) is 4. The van der Waals surface area contributed by atoms with Gasteiger partial charge < -0.3 is 14.2 Å². The Hall–Kier alpha value is -3.22. The van der Waals surface area contributed by atoms with E-state index in [1.54, 1.807) is 47.1 Å². The highest BCUT2D eigenvalue weighted by molar-refractivity contribution is 5.98. The van der Waals surface area contributed by atoms with E-state index in [-0.39, 0.29) is 17.4 Å². The first kappa shape index (κ1) is 17.2. The second-order valence-electron chi connectivity index (χ2n) is 6.48. The van der Waals surface area contributed by atoms with Crippen LogP contribution in [0.25, 0.3) is 11.1 Å². The van der Waals surface area contributed by atoms with Gasteiger partial charge in [-0.2, -0.15) is 0 Å². The molecule has 1 aliphatic heterocycles. The number of oxazole rings is 1. The van der Waals surface area contributed by atoms with Crippen LogP contribution in [0.4, 0.5) is 4.39 Å². The molecule has 2 aromatic carbocycles. The molecule has 0 N–H and O–H groups in total. The quantitative estimate of drug-likeness (QED) is 0.699. The Bertz CT molecular complexity index is 1020. The van der Waals surface area contributed by atoms with Crippen LogP contribution in [0.5, 0.6) is 0 Å². The molecule has 2 amide bonds.